The quantitative estimate of drug-likeness (QED) is 0.278. The minimum Gasteiger partial charge on any atom is -0.469 e. The van der Waals surface area contributed by atoms with Crippen LogP contribution in [0.4, 0.5) is 13.2 Å². The molecule has 1 aromatic rings. The van der Waals surface area contributed by atoms with Crippen LogP contribution in [0.1, 0.15) is 37.7 Å². The Bertz CT molecular complexity index is 607. The molecule has 27 heavy (non-hydrogen) atoms. The topological polar surface area (TPSA) is 72.0 Å². The first-order valence-corrected chi connectivity index (χ1v) is 8.70. The summed E-state index contributed by atoms with van der Waals surface area (Å²) in [4.78, 5) is 15.0. The highest BCUT2D eigenvalue weighted by Crippen LogP contribution is 2.25. The Balaban J connectivity index is 2.32. The van der Waals surface area contributed by atoms with E-state index in [1.165, 1.54) is 19.2 Å². The number of carbonyl (C=O) groups is 1. The van der Waals surface area contributed by atoms with Crippen LogP contribution in [0.3, 0.4) is 0 Å². The molecule has 1 rings (SSSR count). The molecule has 0 aromatic heterocycles. The van der Waals surface area contributed by atoms with Gasteiger partial charge in [-0.1, -0.05) is 31.0 Å². The highest BCUT2D eigenvalue weighted by molar-refractivity contribution is 5.79. The van der Waals surface area contributed by atoms with Crippen LogP contribution in [0.5, 0.6) is 5.75 Å². The van der Waals surface area contributed by atoms with Gasteiger partial charge in [-0.3, -0.25) is 9.79 Å². The number of benzene rings is 1. The SMILES string of the molecule is CN=C(NCCCCCCC(=O)OC)NCc1ccccc1OC(F)(F)F. The van der Waals surface area contributed by atoms with Crippen LogP contribution in [0.15, 0.2) is 29.3 Å². The van der Waals surface area contributed by atoms with Crippen molar-refractivity contribution >= 4 is 11.9 Å². The number of nitrogens with one attached hydrogen (secondary N) is 2. The summed E-state index contributed by atoms with van der Waals surface area (Å²) in [5.74, 6) is 0.0532. The predicted molar refractivity (Wildman–Crippen MR) is 96.4 cm³/mol. The molecular formula is C18H26F3N3O3. The van der Waals surface area contributed by atoms with Crippen LogP contribution in [-0.2, 0) is 16.1 Å². The maximum absolute atomic E-state index is 12.4. The number of ether oxygens (including phenoxy) is 2. The Morgan fingerprint density at radius 1 is 1.11 bits per heavy atom. The number of guanidine groups is 1. The van der Waals surface area contributed by atoms with Gasteiger partial charge in [0.05, 0.1) is 7.11 Å². The molecule has 2 N–H and O–H groups in total. The van der Waals surface area contributed by atoms with Crippen molar-refractivity contribution in [2.24, 2.45) is 4.99 Å². The van der Waals surface area contributed by atoms with Gasteiger partial charge in [0.15, 0.2) is 5.96 Å². The van der Waals surface area contributed by atoms with Crippen molar-refractivity contribution in [3.8, 4) is 5.75 Å². The zero-order valence-electron chi connectivity index (χ0n) is 15.6. The Kier molecular flexibility index (Phi) is 10.1. The summed E-state index contributed by atoms with van der Waals surface area (Å²) in [6, 6.07) is 5.96. The molecule has 0 atom stereocenters. The summed E-state index contributed by atoms with van der Waals surface area (Å²) >= 11 is 0. The van der Waals surface area contributed by atoms with Crippen molar-refractivity contribution in [3.63, 3.8) is 0 Å². The van der Waals surface area contributed by atoms with Gasteiger partial charge in [-0.2, -0.15) is 0 Å². The number of esters is 1. The maximum atomic E-state index is 12.4. The molecule has 152 valence electrons. The number of aliphatic imine (C=N–C) groups is 1. The van der Waals surface area contributed by atoms with Crippen molar-refractivity contribution in [1.29, 1.82) is 0 Å². The average Bonchev–Trinajstić information content (AvgIpc) is 2.63. The van der Waals surface area contributed by atoms with E-state index in [1.807, 2.05) is 0 Å². The normalized spacial score (nSPS) is 11.8. The minimum absolute atomic E-state index is 0.144. The first kappa shape index (κ1) is 22.6. The summed E-state index contributed by atoms with van der Waals surface area (Å²) in [5.41, 5.74) is 0.376. The van der Waals surface area contributed by atoms with E-state index >= 15 is 0 Å². The Morgan fingerprint density at radius 3 is 2.48 bits per heavy atom. The van der Waals surface area contributed by atoms with Crippen molar-refractivity contribution in [2.45, 2.75) is 45.0 Å². The van der Waals surface area contributed by atoms with E-state index in [1.54, 1.807) is 19.2 Å². The molecule has 0 bridgehead atoms. The van der Waals surface area contributed by atoms with Crippen molar-refractivity contribution in [2.75, 3.05) is 20.7 Å². The first-order chi connectivity index (χ1) is 12.9. The molecule has 0 radical (unpaired) electrons. The number of hydrogen-bond donors (Lipinski definition) is 2. The van der Waals surface area contributed by atoms with Crippen LogP contribution in [-0.4, -0.2) is 39.0 Å². The van der Waals surface area contributed by atoms with E-state index in [2.05, 4.69) is 25.1 Å². The summed E-state index contributed by atoms with van der Waals surface area (Å²) in [7, 11) is 2.96. The zero-order chi connectivity index (χ0) is 20.1. The fraction of sp³-hybridized carbons (Fsp3) is 0.556. The van der Waals surface area contributed by atoms with Gasteiger partial charge in [-0.25, -0.2) is 0 Å². The Labute approximate surface area is 157 Å². The highest BCUT2D eigenvalue weighted by atomic mass is 19.4. The molecule has 9 heteroatoms. The van der Waals surface area contributed by atoms with E-state index in [-0.39, 0.29) is 18.3 Å². The number of unbranched alkanes of at least 4 members (excludes halogenated alkanes) is 3. The molecular weight excluding hydrogens is 363 g/mol. The summed E-state index contributed by atoms with van der Waals surface area (Å²) in [6.45, 7) is 0.809. The number of methoxy groups -OCH3 is 1. The van der Waals surface area contributed by atoms with E-state index in [0.717, 1.165) is 25.7 Å². The van der Waals surface area contributed by atoms with Gasteiger partial charge in [-0.15, -0.1) is 13.2 Å². The number of rotatable bonds is 10. The lowest BCUT2D eigenvalue weighted by molar-refractivity contribution is -0.274. The fourth-order valence-corrected chi connectivity index (χ4v) is 2.33. The molecule has 0 amide bonds. The molecule has 0 unspecified atom stereocenters. The molecule has 6 nitrogen and oxygen atoms in total. The summed E-state index contributed by atoms with van der Waals surface area (Å²) < 4.78 is 45.9. The van der Waals surface area contributed by atoms with Crippen molar-refractivity contribution < 1.29 is 27.4 Å². The molecule has 1 aromatic carbocycles. The summed E-state index contributed by atoms with van der Waals surface area (Å²) in [5, 5.41) is 6.07. The van der Waals surface area contributed by atoms with Gasteiger partial charge in [0.25, 0.3) is 0 Å². The lowest BCUT2D eigenvalue weighted by Gasteiger charge is -2.15. The van der Waals surface area contributed by atoms with E-state index in [4.69, 9.17) is 0 Å². The largest absolute Gasteiger partial charge is 0.573 e. The number of halogens is 3. The molecule has 0 aliphatic rings. The standard InChI is InChI=1S/C18H26F3N3O3/c1-22-17(23-12-8-4-3-5-11-16(25)26-2)24-13-14-9-6-7-10-15(14)27-18(19,20)21/h6-7,9-10H,3-5,8,11-13H2,1-2H3,(H2,22,23,24). The third-order valence-electron chi connectivity index (χ3n) is 3.70. The molecule has 0 saturated heterocycles. The van der Waals surface area contributed by atoms with Crippen molar-refractivity contribution in [3.05, 3.63) is 29.8 Å². The Morgan fingerprint density at radius 2 is 1.81 bits per heavy atom. The molecule has 0 saturated carbocycles. The lowest BCUT2D eigenvalue weighted by atomic mass is 10.1. The zero-order valence-corrected chi connectivity index (χ0v) is 15.6. The molecule has 0 heterocycles. The predicted octanol–water partition coefficient (Wildman–Crippen LogP) is 3.37. The maximum Gasteiger partial charge on any atom is 0.573 e. The average molecular weight is 389 g/mol. The van der Waals surface area contributed by atoms with Gasteiger partial charge < -0.3 is 20.1 Å². The third-order valence-corrected chi connectivity index (χ3v) is 3.70. The number of hydrogen-bond acceptors (Lipinski definition) is 4. The lowest BCUT2D eigenvalue weighted by Crippen LogP contribution is -2.37. The van der Waals surface area contributed by atoms with E-state index in [9.17, 15) is 18.0 Å². The molecule has 0 spiro atoms. The van der Waals surface area contributed by atoms with Gasteiger partial charge >= 0.3 is 12.3 Å². The number of alkyl halides is 3. The Hall–Kier alpha value is -2.45. The fourth-order valence-electron chi connectivity index (χ4n) is 2.33. The number of nitrogens with zero attached hydrogens (tertiary/aromatic N) is 1. The van der Waals surface area contributed by atoms with Gasteiger partial charge in [0, 0.05) is 32.1 Å². The molecule has 0 aliphatic carbocycles. The number of carbonyl (C=O) groups excluding carboxylic acids is 1. The van der Waals surface area contributed by atoms with Crippen LogP contribution in [0, 0.1) is 0 Å². The first-order valence-electron chi connectivity index (χ1n) is 8.70. The second-order valence-corrected chi connectivity index (χ2v) is 5.75. The number of para-hydroxylation sites is 1. The minimum atomic E-state index is -4.73. The second-order valence-electron chi connectivity index (χ2n) is 5.75. The highest BCUT2D eigenvalue weighted by Gasteiger charge is 2.31. The molecule has 0 aliphatic heterocycles. The van der Waals surface area contributed by atoms with Gasteiger partial charge in [-0.05, 0) is 18.9 Å². The van der Waals surface area contributed by atoms with Crippen LogP contribution in [0.25, 0.3) is 0 Å². The third kappa shape index (κ3) is 10.3. The monoisotopic (exact) mass is 389 g/mol. The summed E-state index contributed by atoms with van der Waals surface area (Å²) in [6.07, 6.45) is -0.768. The van der Waals surface area contributed by atoms with Crippen LogP contribution >= 0.6 is 0 Å². The smallest absolute Gasteiger partial charge is 0.469 e. The van der Waals surface area contributed by atoms with Gasteiger partial charge in [0.1, 0.15) is 5.75 Å². The van der Waals surface area contributed by atoms with Crippen LogP contribution < -0.4 is 15.4 Å². The van der Waals surface area contributed by atoms with E-state index in [0.29, 0.717) is 24.5 Å². The molecule has 0 fully saturated rings. The van der Waals surface area contributed by atoms with Crippen LogP contribution in [0.2, 0.25) is 0 Å². The van der Waals surface area contributed by atoms with Gasteiger partial charge in [0.2, 0.25) is 0 Å². The van der Waals surface area contributed by atoms with Crippen molar-refractivity contribution in [1.82, 2.24) is 10.6 Å². The second kappa shape index (κ2) is 12.0. The van der Waals surface area contributed by atoms with E-state index < -0.39 is 6.36 Å².